The highest BCUT2D eigenvalue weighted by molar-refractivity contribution is 7.07. The minimum atomic E-state index is -0.409. The Kier molecular flexibility index (Phi) is 6.37. The third-order valence-electron chi connectivity index (χ3n) is 4.75. The smallest absolute Gasteiger partial charge is 0.123 e. The van der Waals surface area contributed by atoms with Gasteiger partial charge in [-0.1, -0.05) is 12.1 Å². The van der Waals surface area contributed by atoms with Crippen molar-refractivity contribution in [1.82, 2.24) is 10.2 Å². The lowest BCUT2D eigenvalue weighted by Gasteiger charge is -2.32. The molecule has 24 heavy (non-hydrogen) atoms. The quantitative estimate of drug-likeness (QED) is 0.806. The molecule has 3 rings (SSSR count). The van der Waals surface area contributed by atoms with Gasteiger partial charge in [0.25, 0.3) is 0 Å². The average molecular weight is 348 g/mol. The number of benzene rings is 1. The van der Waals surface area contributed by atoms with Crippen molar-refractivity contribution in [2.75, 3.05) is 26.2 Å². The zero-order chi connectivity index (χ0) is 16.8. The fourth-order valence-electron chi connectivity index (χ4n) is 3.16. The molecule has 3 nitrogen and oxygen atoms in total. The maximum atomic E-state index is 12.9. The molecule has 130 valence electrons. The first kappa shape index (κ1) is 17.5. The molecule has 2 aromatic rings. The first-order chi connectivity index (χ1) is 11.7. The molecule has 0 spiro atoms. The Morgan fingerprint density at radius 3 is 2.62 bits per heavy atom. The van der Waals surface area contributed by atoms with Crippen LogP contribution < -0.4 is 5.32 Å². The molecule has 1 fully saturated rings. The molecule has 1 aromatic carbocycles. The number of likely N-dealkylation sites (tertiary alicyclic amines) is 1. The maximum absolute atomic E-state index is 12.9. The van der Waals surface area contributed by atoms with E-state index in [9.17, 15) is 9.50 Å². The normalized spacial score (nSPS) is 17.9. The van der Waals surface area contributed by atoms with Crippen molar-refractivity contribution in [2.24, 2.45) is 0 Å². The van der Waals surface area contributed by atoms with Crippen LogP contribution in [-0.2, 0) is 6.42 Å². The van der Waals surface area contributed by atoms with Crippen molar-refractivity contribution in [2.45, 2.75) is 31.4 Å². The van der Waals surface area contributed by atoms with Crippen molar-refractivity contribution in [1.29, 1.82) is 0 Å². The van der Waals surface area contributed by atoms with Crippen LogP contribution in [0.3, 0.4) is 0 Å². The van der Waals surface area contributed by atoms with Gasteiger partial charge in [0.15, 0.2) is 0 Å². The Morgan fingerprint density at radius 1 is 1.21 bits per heavy atom. The number of nitrogens with zero attached hydrogens (tertiary/aromatic N) is 1. The van der Waals surface area contributed by atoms with Gasteiger partial charge < -0.3 is 15.3 Å². The van der Waals surface area contributed by atoms with Crippen LogP contribution in [0.4, 0.5) is 4.39 Å². The number of rotatable bonds is 7. The number of piperidine rings is 1. The minimum absolute atomic E-state index is 0.171. The van der Waals surface area contributed by atoms with E-state index in [1.807, 2.05) is 29.0 Å². The van der Waals surface area contributed by atoms with Crippen molar-refractivity contribution < 1.29 is 9.50 Å². The summed E-state index contributed by atoms with van der Waals surface area (Å²) < 4.78 is 12.9. The molecule has 0 aliphatic carbocycles. The Morgan fingerprint density at radius 2 is 1.96 bits per heavy atom. The SMILES string of the molecule is OC(CNC1CCN(CCc2ccc(F)cc2)CC1)c1ccsc1. The summed E-state index contributed by atoms with van der Waals surface area (Å²) in [4.78, 5) is 2.47. The van der Waals surface area contributed by atoms with E-state index in [1.165, 1.54) is 17.7 Å². The fraction of sp³-hybridized carbons (Fsp3) is 0.474. The van der Waals surface area contributed by atoms with Crippen molar-refractivity contribution in [3.8, 4) is 0 Å². The van der Waals surface area contributed by atoms with E-state index in [-0.39, 0.29) is 5.82 Å². The third kappa shape index (κ3) is 5.11. The van der Waals surface area contributed by atoms with Crippen LogP contribution in [0, 0.1) is 5.82 Å². The largest absolute Gasteiger partial charge is 0.387 e. The lowest BCUT2D eigenvalue weighted by Crippen LogP contribution is -2.44. The Hall–Kier alpha value is -1.27. The van der Waals surface area contributed by atoms with Crippen LogP contribution in [0.15, 0.2) is 41.1 Å². The van der Waals surface area contributed by atoms with Gasteiger partial charge in [-0.3, -0.25) is 0 Å². The van der Waals surface area contributed by atoms with Crippen molar-refractivity contribution in [3.05, 3.63) is 58.0 Å². The van der Waals surface area contributed by atoms with E-state index in [2.05, 4.69) is 10.2 Å². The average Bonchev–Trinajstić information content (AvgIpc) is 3.15. The Bertz CT molecular complexity index is 594. The second kappa shape index (κ2) is 8.72. The van der Waals surface area contributed by atoms with Crippen LogP contribution in [-0.4, -0.2) is 42.2 Å². The van der Waals surface area contributed by atoms with E-state index in [4.69, 9.17) is 0 Å². The predicted octanol–water partition coefficient (Wildman–Crippen LogP) is 3.22. The highest BCUT2D eigenvalue weighted by atomic mass is 32.1. The number of nitrogens with one attached hydrogen (secondary N) is 1. The predicted molar refractivity (Wildman–Crippen MR) is 96.8 cm³/mol. The van der Waals surface area contributed by atoms with Gasteiger partial charge in [-0.2, -0.15) is 11.3 Å². The summed E-state index contributed by atoms with van der Waals surface area (Å²) in [6.07, 6.45) is 2.78. The van der Waals surface area contributed by atoms with E-state index in [0.717, 1.165) is 44.5 Å². The molecule has 1 aromatic heterocycles. The van der Waals surface area contributed by atoms with Crippen molar-refractivity contribution >= 4 is 11.3 Å². The van der Waals surface area contributed by atoms with Gasteiger partial charge in [0, 0.05) is 19.1 Å². The van der Waals surface area contributed by atoms with Gasteiger partial charge >= 0.3 is 0 Å². The monoisotopic (exact) mass is 348 g/mol. The molecular formula is C19H25FN2OS. The number of thiophene rings is 1. The number of halogens is 1. The summed E-state index contributed by atoms with van der Waals surface area (Å²) in [7, 11) is 0. The number of aliphatic hydroxyl groups excluding tert-OH is 1. The minimum Gasteiger partial charge on any atom is -0.387 e. The van der Waals surface area contributed by atoms with E-state index in [1.54, 1.807) is 11.3 Å². The number of hydrogen-bond acceptors (Lipinski definition) is 4. The van der Waals surface area contributed by atoms with E-state index < -0.39 is 6.10 Å². The summed E-state index contributed by atoms with van der Waals surface area (Å²) in [5, 5.41) is 17.6. The second-order valence-electron chi connectivity index (χ2n) is 6.47. The molecular weight excluding hydrogens is 323 g/mol. The molecule has 5 heteroatoms. The zero-order valence-electron chi connectivity index (χ0n) is 13.8. The molecule has 0 radical (unpaired) electrons. The molecule has 2 heterocycles. The topological polar surface area (TPSA) is 35.5 Å². The maximum Gasteiger partial charge on any atom is 0.123 e. The molecule has 2 N–H and O–H groups in total. The molecule has 1 unspecified atom stereocenters. The van der Waals surface area contributed by atoms with E-state index in [0.29, 0.717) is 12.6 Å². The molecule has 1 atom stereocenters. The summed E-state index contributed by atoms with van der Waals surface area (Å²) in [5.41, 5.74) is 2.19. The number of hydrogen-bond donors (Lipinski definition) is 2. The summed E-state index contributed by atoms with van der Waals surface area (Å²) >= 11 is 1.62. The Balaban J connectivity index is 1.34. The van der Waals surface area contributed by atoms with E-state index >= 15 is 0 Å². The van der Waals surface area contributed by atoms with Crippen LogP contribution in [0.5, 0.6) is 0 Å². The standard InChI is InChI=1S/C19H25FN2OS/c20-17-3-1-15(2-4-17)5-9-22-10-6-18(7-11-22)21-13-19(23)16-8-12-24-14-16/h1-4,8,12,14,18-19,21,23H,5-7,9-11,13H2. The summed E-state index contributed by atoms with van der Waals surface area (Å²) in [6, 6.07) is 9.27. The molecule has 0 bridgehead atoms. The molecule has 1 aliphatic rings. The Labute approximate surface area is 147 Å². The fourth-order valence-corrected chi connectivity index (χ4v) is 3.87. The third-order valence-corrected chi connectivity index (χ3v) is 5.45. The number of aliphatic hydroxyl groups is 1. The summed E-state index contributed by atoms with van der Waals surface area (Å²) in [5.74, 6) is -0.171. The molecule has 1 aliphatic heterocycles. The van der Waals surface area contributed by atoms with Gasteiger partial charge in [-0.05, 0) is 72.4 Å². The lowest BCUT2D eigenvalue weighted by atomic mass is 10.0. The van der Waals surface area contributed by atoms with Crippen molar-refractivity contribution in [3.63, 3.8) is 0 Å². The summed E-state index contributed by atoms with van der Waals surface area (Å²) in [6.45, 7) is 3.80. The molecule has 0 amide bonds. The first-order valence-corrected chi connectivity index (χ1v) is 9.55. The van der Waals surface area contributed by atoms with Crippen LogP contribution in [0.25, 0.3) is 0 Å². The van der Waals surface area contributed by atoms with Gasteiger partial charge in [0.2, 0.25) is 0 Å². The highest BCUT2D eigenvalue weighted by Gasteiger charge is 2.19. The lowest BCUT2D eigenvalue weighted by molar-refractivity contribution is 0.152. The first-order valence-electron chi connectivity index (χ1n) is 8.61. The second-order valence-corrected chi connectivity index (χ2v) is 7.25. The van der Waals surface area contributed by atoms with Gasteiger partial charge in [0.1, 0.15) is 5.82 Å². The van der Waals surface area contributed by atoms with Crippen LogP contribution in [0.1, 0.15) is 30.1 Å². The molecule has 1 saturated heterocycles. The van der Waals surface area contributed by atoms with Crippen LogP contribution in [0.2, 0.25) is 0 Å². The zero-order valence-corrected chi connectivity index (χ0v) is 14.6. The van der Waals surface area contributed by atoms with Gasteiger partial charge in [0.05, 0.1) is 6.10 Å². The molecule has 0 saturated carbocycles. The van der Waals surface area contributed by atoms with Gasteiger partial charge in [-0.25, -0.2) is 4.39 Å². The van der Waals surface area contributed by atoms with Gasteiger partial charge in [-0.15, -0.1) is 0 Å². The highest BCUT2D eigenvalue weighted by Crippen LogP contribution is 2.17. The van der Waals surface area contributed by atoms with Crippen LogP contribution >= 0.6 is 11.3 Å².